The molecule has 0 aromatic carbocycles. The van der Waals surface area contributed by atoms with Crippen molar-refractivity contribution in [3.05, 3.63) is 0 Å². The molecule has 1 heterocycles. The molecule has 1 atom stereocenters. The first-order valence-electron chi connectivity index (χ1n) is 5.93. The molecule has 1 aliphatic rings. The Kier molecular flexibility index (Phi) is 4.59. The summed E-state index contributed by atoms with van der Waals surface area (Å²) in [4.78, 5) is 13.7. The summed E-state index contributed by atoms with van der Waals surface area (Å²) in [5, 5.41) is 0. The Morgan fingerprint density at radius 3 is 2.57 bits per heavy atom. The Hall–Kier alpha value is -0.370. The lowest BCUT2D eigenvalue weighted by Gasteiger charge is -2.34. The van der Waals surface area contributed by atoms with Crippen molar-refractivity contribution in [2.45, 2.75) is 52.5 Å². The van der Waals surface area contributed by atoms with E-state index in [2.05, 4.69) is 25.7 Å². The largest absolute Gasteiger partial charge is 0.300 e. The second-order valence-electron chi connectivity index (χ2n) is 4.52. The smallest absolute Gasteiger partial charge is 0.135 e. The van der Waals surface area contributed by atoms with Crippen LogP contribution in [-0.2, 0) is 4.79 Å². The molecule has 1 rings (SSSR count). The molecular formula is C12H23NO. The number of rotatable bonds is 4. The molecule has 1 aliphatic heterocycles. The highest BCUT2D eigenvalue weighted by molar-refractivity contribution is 5.79. The maximum Gasteiger partial charge on any atom is 0.135 e. The van der Waals surface area contributed by atoms with Crippen molar-refractivity contribution in [3.63, 3.8) is 0 Å². The minimum absolute atomic E-state index is 0.443. The lowest BCUT2D eigenvalue weighted by atomic mass is 9.97. The third-order valence-corrected chi connectivity index (χ3v) is 3.47. The fourth-order valence-electron chi connectivity index (χ4n) is 2.20. The van der Waals surface area contributed by atoms with E-state index in [0.717, 1.165) is 25.3 Å². The van der Waals surface area contributed by atoms with Crippen LogP contribution in [0.15, 0.2) is 0 Å². The number of carbonyl (C=O) groups excluding carboxylic acids is 1. The van der Waals surface area contributed by atoms with Gasteiger partial charge in [0.1, 0.15) is 5.78 Å². The van der Waals surface area contributed by atoms with E-state index >= 15 is 0 Å². The average molecular weight is 197 g/mol. The van der Waals surface area contributed by atoms with Gasteiger partial charge in [-0.05, 0) is 12.8 Å². The summed E-state index contributed by atoms with van der Waals surface area (Å²) < 4.78 is 0. The third-order valence-electron chi connectivity index (χ3n) is 3.47. The summed E-state index contributed by atoms with van der Waals surface area (Å²) in [5.74, 6) is 1.25. The van der Waals surface area contributed by atoms with Crippen molar-refractivity contribution in [3.8, 4) is 0 Å². The van der Waals surface area contributed by atoms with E-state index < -0.39 is 0 Å². The number of piperidine rings is 1. The quantitative estimate of drug-likeness (QED) is 0.690. The molecule has 0 aliphatic carbocycles. The van der Waals surface area contributed by atoms with Crippen LogP contribution in [0.4, 0.5) is 0 Å². The van der Waals surface area contributed by atoms with Gasteiger partial charge in [0, 0.05) is 32.0 Å². The second-order valence-corrected chi connectivity index (χ2v) is 4.52. The summed E-state index contributed by atoms with van der Waals surface area (Å²) in [6.45, 7) is 8.86. The molecule has 1 fully saturated rings. The van der Waals surface area contributed by atoms with E-state index in [4.69, 9.17) is 0 Å². The molecule has 2 nitrogen and oxygen atoms in total. The van der Waals surface area contributed by atoms with Crippen LogP contribution >= 0.6 is 0 Å². The standard InChI is InChI=1S/C12H23NO/c1-4-11(5-2)9-13-7-6-12(14)8-10(13)3/h10-11H,4-9H2,1-3H3. The second kappa shape index (κ2) is 5.50. The van der Waals surface area contributed by atoms with Crippen molar-refractivity contribution in [1.29, 1.82) is 0 Å². The fourth-order valence-corrected chi connectivity index (χ4v) is 2.20. The minimum atomic E-state index is 0.443. The van der Waals surface area contributed by atoms with E-state index in [0.29, 0.717) is 11.8 Å². The van der Waals surface area contributed by atoms with Gasteiger partial charge < -0.3 is 0 Å². The average Bonchev–Trinajstić information content (AvgIpc) is 2.17. The van der Waals surface area contributed by atoms with Crippen molar-refractivity contribution < 1.29 is 4.79 Å². The number of carbonyl (C=O) groups is 1. The van der Waals surface area contributed by atoms with Crippen LogP contribution in [0.1, 0.15) is 46.5 Å². The summed E-state index contributed by atoms with van der Waals surface area (Å²) in [6.07, 6.45) is 4.05. The molecule has 2 heteroatoms. The number of nitrogens with zero attached hydrogens (tertiary/aromatic N) is 1. The number of hydrogen-bond donors (Lipinski definition) is 0. The zero-order valence-electron chi connectivity index (χ0n) is 9.75. The Morgan fingerprint density at radius 2 is 2.07 bits per heavy atom. The first-order chi connectivity index (χ1) is 6.67. The van der Waals surface area contributed by atoms with Crippen LogP contribution in [0.25, 0.3) is 0 Å². The van der Waals surface area contributed by atoms with Crippen molar-refractivity contribution in [1.82, 2.24) is 4.90 Å². The van der Waals surface area contributed by atoms with Crippen LogP contribution < -0.4 is 0 Å². The molecule has 82 valence electrons. The Morgan fingerprint density at radius 1 is 1.43 bits per heavy atom. The fraction of sp³-hybridized carbons (Fsp3) is 0.917. The number of ketones is 1. The Bertz CT molecular complexity index is 187. The van der Waals surface area contributed by atoms with Gasteiger partial charge in [0.05, 0.1) is 0 Å². The summed E-state index contributed by atoms with van der Waals surface area (Å²) in [7, 11) is 0. The lowest BCUT2D eigenvalue weighted by molar-refractivity contribution is -0.123. The highest BCUT2D eigenvalue weighted by atomic mass is 16.1. The van der Waals surface area contributed by atoms with Crippen LogP contribution in [-0.4, -0.2) is 29.8 Å². The van der Waals surface area contributed by atoms with Gasteiger partial charge in [-0.15, -0.1) is 0 Å². The van der Waals surface area contributed by atoms with Crippen molar-refractivity contribution in [2.75, 3.05) is 13.1 Å². The summed E-state index contributed by atoms with van der Waals surface area (Å²) in [6, 6.07) is 0.469. The van der Waals surface area contributed by atoms with Gasteiger partial charge in [-0.2, -0.15) is 0 Å². The third kappa shape index (κ3) is 3.09. The molecule has 0 aromatic rings. The monoisotopic (exact) mass is 197 g/mol. The van der Waals surface area contributed by atoms with Crippen LogP contribution in [0.3, 0.4) is 0 Å². The molecule has 0 radical (unpaired) electrons. The molecule has 0 aromatic heterocycles. The van der Waals surface area contributed by atoms with Gasteiger partial charge in [-0.1, -0.05) is 26.7 Å². The summed E-state index contributed by atoms with van der Waals surface area (Å²) >= 11 is 0. The normalized spacial score (nSPS) is 24.6. The van der Waals surface area contributed by atoms with Gasteiger partial charge in [0.25, 0.3) is 0 Å². The molecule has 0 bridgehead atoms. The van der Waals surface area contributed by atoms with Crippen LogP contribution in [0, 0.1) is 5.92 Å². The Balaban J connectivity index is 2.40. The molecule has 1 saturated heterocycles. The van der Waals surface area contributed by atoms with Gasteiger partial charge in [0.15, 0.2) is 0 Å². The zero-order chi connectivity index (χ0) is 10.6. The van der Waals surface area contributed by atoms with E-state index in [-0.39, 0.29) is 0 Å². The van der Waals surface area contributed by atoms with Gasteiger partial charge in [-0.3, -0.25) is 9.69 Å². The predicted molar refractivity (Wildman–Crippen MR) is 59.3 cm³/mol. The maximum absolute atomic E-state index is 11.2. The van der Waals surface area contributed by atoms with Crippen LogP contribution in [0.2, 0.25) is 0 Å². The predicted octanol–water partition coefficient (Wildman–Crippen LogP) is 2.48. The van der Waals surface area contributed by atoms with Gasteiger partial charge in [0.2, 0.25) is 0 Å². The lowest BCUT2D eigenvalue weighted by Crippen LogP contribution is -2.43. The topological polar surface area (TPSA) is 20.3 Å². The molecule has 1 unspecified atom stereocenters. The molecule has 14 heavy (non-hydrogen) atoms. The maximum atomic E-state index is 11.2. The van der Waals surface area contributed by atoms with E-state index in [1.807, 2.05) is 0 Å². The number of Topliss-reactive ketones (excluding diaryl/α,β-unsaturated/α-hetero) is 1. The number of hydrogen-bond acceptors (Lipinski definition) is 2. The van der Waals surface area contributed by atoms with Crippen molar-refractivity contribution in [2.24, 2.45) is 5.92 Å². The molecular weight excluding hydrogens is 174 g/mol. The first-order valence-corrected chi connectivity index (χ1v) is 5.93. The SMILES string of the molecule is CCC(CC)CN1CCC(=O)CC1C. The highest BCUT2D eigenvalue weighted by Gasteiger charge is 2.24. The molecule has 0 amide bonds. The highest BCUT2D eigenvalue weighted by Crippen LogP contribution is 2.18. The molecule has 0 N–H and O–H groups in total. The molecule has 0 spiro atoms. The van der Waals surface area contributed by atoms with E-state index in [1.54, 1.807) is 0 Å². The zero-order valence-corrected chi connectivity index (χ0v) is 9.75. The van der Waals surface area contributed by atoms with Gasteiger partial charge in [-0.25, -0.2) is 0 Å². The van der Waals surface area contributed by atoms with E-state index in [1.165, 1.54) is 19.4 Å². The van der Waals surface area contributed by atoms with E-state index in [9.17, 15) is 4.79 Å². The molecule has 0 saturated carbocycles. The van der Waals surface area contributed by atoms with Gasteiger partial charge >= 0.3 is 0 Å². The van der Waals surface area contributed by atoms with Crippen LogP contribution in [0.5, 0.6) is 0 Å². The number of likely N-dealkylation sites (tertiary alicyclic amines) is 1. The minimum Gasteiger partial charge on any atom is -0.300 e. The van der Waals surface area contributed by atoms with Crippen molar-refractivity contribution >= 4 is 5.78 Å². The Labute approximate surface area is 87.7 Å². The summed E-state index contributed by atoms with van der Waals surface area (Å²) in [5.41, 5.74) is 0. The first kappa shape index (κ1) is 11.7.